The number of nitrogens with one attached hydrogen (secondary N) is 1. The topological polar surface area (TPSA) is 61.9 Å². The van der Waals surface area contributed by atoms with Crippen LogP contribution in [0.25, 0.3) is 0 Å². The van der Waals surface area contributed by atoms with Crippen LogP contribution < -0.4 is 10.1 Å². The van der Waals surface area contributed by atoms with E-state index in [2.05, 4.69) is 48.3 Å². The molecule has 1 saturated heterocycles. The lowest BCUT2D eigenvalue weighted by Gasteiger charge is -2.35. The van der Waals surface area contributed by atoms with Gasteiger partial charge >= 0.3 is 0 Å². The predicted octanol–water partition coefficient (Wildman–Crippen LogP) is 3.73. The van der Waals surface area contributed by atoms with E-state index in [0.717, 1.165) is 30.9 Å². The molecule has 172 valence electrons. The summed E-state index contributed by atoms with van der Waals surface area (Å²) in [5.74, 6) is 1.21. The maximum absolute atomic E-state index is 13.0. The first-order chi connectivity index (χ1) is 15.4. The average molecular weight is 438 g/mol. The summed E-state index contributed by atoms with van der Waals surface area (Å²) in [4.78, 5) is 29.0. The highest BCUT2D eigenvalue weighted by atomic mass is 16.5. The Balaban J connectivity index is 1.54. The van der Waals surface area contributed by atoms with E-state index in [1.54, 1.807) is 7.11 Å². The summed E-state index contributed by atoms with van der Waals surface area (Å²) < 4.78 is 5.21. The van der Waals surface area contributed by atoms with E-state index >= 15 is 0 Å². The van der Waals surface area contributed by atoms with Crippen LogP contribution in [0.2, 0.25) is 0 Å². The van der Waals surface area contributed by atoms with Gasteiger partial charge in [0.2, 0.25) is 11.8 Å². The van der Waals surface area contributed by atoms with Gasteiger partial charge in [-0.1, -0.05) is 50.2 Å². The molecule has 0 saturated carbocycles. The van der Waals surface area contributed by atoms with Gasteiger partial charge in [-0.25, -0.2) is 0 Å². The summed E-state index contributed by atoms with van der Waals surface area (Å²) in [5, 5.41) is 2.92. The van der Waals surface area contributed by atoms with Gasteiger partial charge in [-0.05, 0) is 34.7 Å². The SMILES string of the molecule is COc1ccc(C(CC(=O)N2CCN(Cc3ccc(C(C)C)cc3)CC2)NC(C)=O)cc1. The van der Waals surface area contributed by atoms with E-state index in [9.17, 15) is 9.59 Å². The highest BCUT2D eigenvalue weighted by Crippen LogP contribution is 2.22. The number of hydrogen-bond acceptors (Lipinski definition) is 4. The van der Waals surface area contributed by atoms with Gasteiger partial charge < -0.3 is 15.0 Å². The highest BCUT2D eigenvalue weighted by Gasteiger charge is 2.25. The fourth-order valence-electron chi connectivity index (χ4n) is 4.06. The number of amides is 2. The number of methoxy groups -OCH3 is 1. The molecule has 0 spiro atoms. The van der Waals surface area contributed by atoms with Gasteiger partial charge in [0.15, 0.2) is 0 Å². The van der Waals surface area contributed by atoms with Gasteiger partial charge in [0.05, 0.1) is 19.6 Å². The molecule has 0 radical (unpaired) electrons. The number of rotatable bonds is 8. The zero-order valence-corrected chi connectivity index (χ0v) is 19.6. The number of carbonyl (C=O) groups excluding carboxylic acids is 2. The largest absolute Gasteiger partial charge is 0.497 e. The zero-order valence-electron chi connectivity index (χ0n) is 19.6. The second kappa shape index (κ2) is 11.1. The maximum atomic E-state index is 13.0. The fourth-order valence-corrected chi connectivity index (χ4v) is 4.06. The van der Waals surface area contributed by atoms with E-state index in [1.807, 2.05) is 29.2 Å². The van der Waals surface area contributed by atoms with Gasteiger partial charge in [0.1, 0.15) is 5.75 Å². The van der Waals surface area contributed by atoms with Crippen LogP contribution in [0.15, 0.2) is 48.5 Å². The summed E-state index contributed by atoms with van der Waals surface area (Å²) in [5.41, 5.74) is 3.56. The third-order valence-corrected chi connectivity index (χ3v) is 6.05. The Morgan fingerprint density at radius 2 is 1.53 bits per heavy atom. The van der Waals surface area contributed by atoms with Gasteiger partial charge in [0, 0.05) is 39.6 Å². The van der Waals surface area contributed by atoms with E-state index in [-0.39, 0.29) is 24.3 Å². The van der Waals surface area contributed by atoms with Crippen molar-refractivity contribution in [2.24, 2.45) is 0 Å². The molecule has 1 heterocycles. The first kappa shape index (κ1) is 23.8. The normalized spacial score (nSPS) is 15.5. The number of benzene rings is 2. The Kier molecular flexibility index (Phi) is 8.28. The molecule has 3 rings (SSSR count). The Hall–Kier alpha value is -2.86. The van der Waals surface area contributed by atoms with E-state index < -0.39 is 0 Å². The van der Waals surface area contributed by atoms with Crippen LogP contribution in [0.4, 0.5) is 0 Å². The fraction of sp³-hybridized carbons (Fsp3) is 0.462. The first-order valence-corrected chi connectivity index (χ1v) is 11.4. The Bertz CT molecular complexity index is 886. The standard InChI is InChI=1S/C26H35N3O3/c1-19(2)22-7-5-21(6-8-22)18-28-13-15-29(16-14-28)26(31)17-25(27-20(3)30)23-9-11-24(32-4)12-10-23/h5-12,19,25H,13-18H2,1-4H3,(H,27,30). The molecule has 1 atom stereocenters. The summed E-state index contributed by atoms with van der Waals surface area (Å²) in [6.45, 7) is 9.91. The number of nitrogens with zero attached hydrogens (tertiary/aromatic N) is 2. The molecule has 6 heteroatoms. The summed E-state index contributed by atoms with van der Waals surface area (Å²) in [7, 11) is 1.62. The summed E-state index contributed by atoms with van der Waals surface area (Å²) in [6.07, 6.45) is 0.253. The minimum atomic E-state index is -0.344. The lowest BCUT2D eigenvalue weighted by molar-refractivity contribution is -0.133. The van der Waals surface area contributed by atoms with Crippen LogP contribution in [-0.4, -0.2) is 54.9 Å². The second-order valence-electron chi connectivity index (χ2n) is 8.78. The molecule has 1 aliphatic rings. The number of ether oxygens (including phenoxy) is 1. The molecule has 0 aromatic heterocycles. The van der Waals surface area contributed by atoms with Crippen LogP contribution in [0.3, 0.4) is 0 Å². The molecule has 1 aliphatic heterocycles. The first-order valence-electron chi connectivity index (χ1n) is 11.4. The van der Waals surface area contributed by atoms with Crippen molar-refractivity contribution in [2.75, 3.05) is 33.3 Å². The molecule has 1 N–H and O–H groups in total. The molecule has 2 aromatic rings. The van der Waals surface area contributed by atoms with Gasteiger partial charge in [-0.2, -0.15) is 0 Å². The van der Waals surface area contributed by atoms with Gasteiger partial charge in [-0.3, -0.25) is 14.5 Å². The van der Waals surface area contributed by atoms with E-state index in [4.69, 9.17) is 4.74 Å². The molecule has 0 aliphatic carbocycles. The van der Waals surface area contributed by atoms with Crippen LogP contribution >= 0.6 is 0 Å². The summed E-state index contributed by atoms with van der Waals surface area (Å²) >= 11 is 0. The van der Waals surface area contributed by atoms with Crippen molar-refractivity contribution in [1.29, 1.82) is 0 Å². The quantitative estimate of drug-likeness (QED) is 0.684. The molecule has 1 fully saturated rings. The third kappa shape index (κ3) is 6.57. The van der Waals surface area contributed by atoms with Crippen molar-refractivity contribution >= 4 is 11.8 Å². The highest BCUT2D eigenvalue weighted by molar-refractivity contribution is 5.79. The Labute approximate surface area is 191 Å². The van der Waals surface area contributed by atoms with E-state index in [0.29, 0.717) is 19.0 Å². The van der Waals surface area contributed by atoms with Gasteiger partial charge in [0.25, 0.3) is 0 Å². The molecule has 6 nitrogen and oxygen atoms in total. The van der Waals surface area contributed by atoms with Gasteiger partial charge in [-0.15, -0.1) is 0 Å². The van der Waals surface area contributed by atoms with Crippen molar-refractivity contribution < 1.29 is 14.3 Å². The van der Waals surface area contributed by atoms with Crippen LogP contribution in [-0.2, 0) is 16.1 Å². The van der Waals surface area contributed by atoms with Crippen molar-refractivity contribution in [3.05, 3.63) is 65.2 Å². The van der Waals surface area contributed by atoms with Crippen molar-refractivity contribution in [3.8, 4) is 5.75 Å². The van der Waals surface area contributed by atoms with Crippen molar-refractivity contribution in [2.45, 2.75) is 45.7 Å². The molecule has 0 bridgehead atoms. The smallest absolute Gasteiger partial charge is 0.225 e. The van der Waals surface area contributed by atoms with Crippen LogP contribution in [0, 0.1) is 0 Å². The van der Waals surface area contributed by atoms with Crippen LogP contribution in [0.1, 0.15) is 55.8 Å². The minimum absolute atomic E-state index is 0.0699. The lowest BCUT2D eigenvalue weighted by Crippen LogP contribution is -2.49. The number of piperazine rings is 1. The molecular formula is C26H35N3O3. The molecule has 32 heavy (non-hydrogen) atoms. The number of carbonyl (C=O) groups is 2. The second-order valence-corrected chi connectivity index (χ2v) is 8.78. The summed E-state index contributed by atoms with van der Waals surface area (Å²) in [6, 6.07) is 16.0. The number of hydrogen-bond donors (Lipinski definition) is 1. The van der Waals surface area contributed by atoms with Crippen LogP contribution in [0.5, 0.6) is 5.75 Å². The minimum Gasteiger partial charge on any atom is -0.497 e. The van der Waals surface area contributed by atoms with E-state index in [1.165, 1.54) is 18.1 Å². The molecule has 2 amide bonds. The maximum Gasteiger partial charge on any atom is 0.225 e. The van der Waals surface area contributed by atoms with Crippen molar-refractivity contribution in [1.82, 2.24) is 15.1 Å². The average Bonchev–Trinajstić information content (AvgIpc) is 2.79. The third-order valence-electron chi connectivity index (χ3n) is 6.05. The lowest BCUT2D eigenvalue weighted by atomic mass is 10.0. The Morgan fingerprint density at radius 1 is 0.938 bits per heavy atom. The molecule has 1 unspecified atom stereocenters. The zero-order chi connectivity index (χ0) is 23.1. The monoisotopic (exact) mass is 437 g/mol. The molecular weight excluding hydrogens is 402 g/mol. The Morgan fingerprint density at radius 3 is 2.06 bits per heavy atom. The predicted molar refractivity (Wildman–Crippen MR) is 127 cm³/mol. The molecule has 2 aromatic carbocycles. The van der Waals surface area contributed by atoms with Crippen molar-refractivity contribution in [3.63, 3.8) is 0 Å².